The predicted molar refractivity (Wildman–Crippen MR) is 77.3 cm³/mol. The topological polar surface area (TPSA) is 41.1 Å². The summed E-state index contributed by atoms with van der Waals surface area (Å²) in [5.41, 5.74) is 3.75. The van der Waals surface area contributed by atoms with Crippen molar-refractivity contribution in [3.05, 3.63) is 29.3 Å². The summed E-state index contributed by atoms with van der Waals surface area (Å²) in [5, 5.41) is 6.36. The Labute approximate surface area is 114 Å². The van der Waals surface area contributed by atoms with Gasteiger partial charge < -0.3 is 10.6 Å². The van der Waals surface area contributed by atoms with Gasteiger partial charge in [0.25, 0.3) is 0 Å². The van der Waals surface area contributed by atoms with Crippen LogP contribution in [0.1, 0.15) is 36.8 Å². The summed E-state index contributed by atoms with van der Waals surface area (Å²) in [5.74, 6) is 1.03. The molecule has 3 nitrogen and oxygen atoms in total. The van der Waals surface area contributed by atoms with Gasteiger partial charge in [-0.3, -0.25) is 4.79 Å². The number of rotatable bonds is 3. The predicted octanol–water partition coefficient (Wildman–Crippen LogP) is 2.50. The number of fused-ring (bicyclic) bond motifs is 1. The van der Waals surface area contributed by atoms with E-state index in [0.717, 1.165) is 18.0 Å². The van der Waals surface area contributed by atoms with Crippen LogP contribution in [0.15, 0.2) is 18.2 Å². The third-order valence-electron chi connectivity index (χ3n) is 4.37. The van der Waals surface area contributed by atoms with Crippen LogP contribution < -0.4 is 10.6 Å². The fourth-order valence-corrected chi connectivity index (χ4v) is 3.13. The van der Waals surface area contributed by atoms with Gasteiger partial charge in [0.05, 0.1) is 0 Å². The first-order chi connectivity index (χ1) is 9.31. The van der Waals surface area contributed by atoms with Crippen molar-refractivity contribution in [2.75, 3.05) is 18.4 Å². The Kier molecular flexibility index (Phi) is 3.83. The van der Waals surface area contributed by atoms with Crippen LogP contribution in [0, 0.1) is 5.92 Å². The highest BCUT2D eigenvalue weighted by Gasteiger charge is 2.16. The second kappa shape index (κ2) is 5.74. The summed E-state index contributed by atoms with van der Waals surface area (Å²) in [6.07, 6.45) is 6.63. The lowest BCUT2D eigenvalue weighted by molar-refractivity contribution is -0.116. The average Bonchev–Trinajstić information content (AvgIpc) is 2.46. The quantitative estimate of drug-likeness (QED) is 0.874. The maximum atomic E-state index is 11.3. The minimum atomic E-state index is 0.148. The first kappa shape index (κ1) is 12.7. The number of benzene rings is 1. The number of nitrogens with one attached hydrogen (secondary N) is 2. The minimum Gasteiger partial charge on any atom is -0.326 e. The van der Waals surface area contributed by atoms with Gasteiger partial charge in [0.1, 0.15) is 0 Å². The van der Waals surface area contributed by atoms with Crippen LogP contribution in [0.4, 0.5) is 5.69 Å². The lowest BCUT2D eigenvalue weighted by atomic mass is 9.90. The standard InChI is InChI=1S/C16H22N2O/c19-16-6-4-14-11-13(3-5-15(14)18-16)2-1-12-7-9-17-10-8-12/h3,5,11-12,17H,1-2,4,6-10H2,(H,18,19). The Bertz CT molecular complexity index is 464. The third kappa shape index (κ3) is 3.16. The van der Waals surface area contributed by atoms with Crippen molar-refractivity contribution < 1.29 is 4.79 Å². The van der Waals surface area contributed by atoms with Crippen LogP contribution in [0.25, 0.3) is 0 Å². The van der Waals surface area contributed by atoms with Crippen molar-refractivity contribution in [3.63, 3.8) is 0 Å². The lowest BCUT2D eigenvalue weighted by Crippen LogP contribution is -2.27. The molecule has 2 aliphatic rings. The van der Waals surface area contributed by atoms with Crippen molar-refractivity contribution in [2.45, 2.75) is 38.5 Å². The Hall–Kier alpha value is -1.35. The molecular weight excluding hydrogens is 236 g/mol. The number of hydrogen-bond donors (Lipinski definition) is 2. The first-order valence-corrected chi connectivity index (χ1v) is 7.43. The van der Waals surface area contributed by atoms with Crippen LogP contribution in [0.5, 0.6) is 0 Å². The molecule has 1 aromatic rings. The Morgan fingerprint density at radius 3 is 2.84 bits per heavy atom. The summed E-state index contributed by atoms with van der Waals surface area (Å²) >= 11 is 0. The van der Waals surface area contributed by atoms with Crippen molar-refractivity contribution in [2.24, 2.45) is 5.92 Å². The number of anilines is 1. The lowest BCUT2D eigenvalue weighted by Gasteiger charge is -2.23. The van der Waals surface area contributed by atoms with Crippen LogP contribution in [0.2, 0.25) is 0 Å². The van der Waals surface area contributed by atoms with E-state index in [9.17, 15) is 4.79 Å². The molecule has 1 aromatic carbocycles. The summed E-state index contributed by atoms with van der Waals surface area (Å²) in [4.78, 5) is 11.3. The molecule has 3 heteroatoms. The van der Waals surface area contributed by atoms with E-state index in [1.165, 1.54) is 49.9 Å². The number of carbonyl (C=O) groups is 1. The maximum absolute atomic E-state index is 11.3. The highest BCUT2D eigenvalue weighted by molar-refractivity contribution is 5.93. The van der Waals surface area contributed by atoms with Gasteiger partial charge in [-0.25, -0.2) is 0 Å². The fourth-order valence-electron chi connectivity index (χ4n) is 3.13. The van der Waals surface area contributed by atoms with Crippen molar-refractivity contribution in [3.8, 4) is 0 Å². The molecule has 1 saturated heterocycles. The van der Waals surface area contributed by atoms with E-state index >= 15 is 0 Å². The SMILES string of the molecule is O=C1CCc2cc(CCC3CCNCC3)ccc2N1. The zero-order valence-electron chi connectivity index (χ0n) is 11.4. The highest BCUT2D eigenvalue weighted by Crippen LogP contribution is 2.25. The van der Waals surface area contributed by atoms with E-state index < -0.39 is 0 Å². The van der Waals surface area contributed by atoms with Gasteiger partial charge in [-0.1, -0.05) is 12.1 Å². The molecule has 0 radical (unpaired) electrons. The highest BCUT2D eigenvalue weighted by atomic mass is 16.1. The van der Waals surface area contributed by atoms with Crippen LogP contribution >= 0.6 is 0 Å². The molecule has 0 unspecified atom stereocenters. The number of carbonyl (C=O) groups excluding carboxylic acids is 1. The largest absolute Gasteiger partial charge is 0.326 e. The van der Waals surface area contributed by atoms with Crippen LogP contribution in [-0.2, 0) is 17.6 Å². The zero-order chi connectivity index (χ0) is 13.1. The average molecular weight is 258 g/mol. The van der Waals surface area contributed by atoms with Crippen LogP contribution in [0.3, 0.4) is 0 Å². The van der Waals surface area contributed by atoms with Gasteiger partial charge in [0.2, 0.25) is 5.91 Å². The second-order valence-corrected chi connectivity index (χ2v) is 5.77. The second-order valence-electron chi connectivity index (χ2n) is 5.77. The Balaban J connectivity index is 1.60. The summed E-state index contributed by atoms with van der Waals surface area (Å²) in [6, 6.07) is 6.53. The summed E-state index contributed by atoms with van der Waals surface area (Å²) < 4.78 is 0. The number of piperidine rings is 1. The molecule has 0 saturated carbocycles. The molecule has 2 N–H and O–H groups in total. The third-order valence-corrected chi connectivity index (χ3v) is 4.37. The summed E-state index contributed by atoms with van der Waals surface area (Å²) in [6.45, 7) is 2.36. The molecule has 102 valence electrons. The minimum absolute atomic E-state index is 0.148. The van der Waals surface area contributed by atoms with Gasteiger partial charge in [-0.2, -0.15) is 0 Å². The van der Waals surface area contributed by atoms with E-state index in [-0.39, 0.29) is 5.91 Å². The number of hydrogen-bond acceptors (Lipinski definition) is 2. The van der Waals surface area contributed by atoms with Crippen molar-refractivity contribution in [1.29, 1.82) is 0 Å². The van der Waals surface area contributed by atoms with Gasteiger partial charge in [0, 0.05) is 12.1 Å². The van der Waals surface area contributed by atoms with E-state index in [1.54, 1.807) is 0 Å². The van der Waals surface area contributed by atoms with Gasteiger partial charge in [-0.15, -0.1) is 0 Å². The monoisotopic (exact) mass is 258 g/mol. The van der Waals surface area contributed by atoms with E-state index in [4.69, 9.17) is 0 Å². The van der Waals surface area contributed by atoms with Crippen molar-refractivity contribution in [1.82, 2.24) is 5.32 Å². The molecule has 0 aliphatic carbocycles. The molecule has 2 aliphatic heterocycles. The summed E-state index contributed by atoms with van der Waals surface area (Å²) in [7, 11) is 0. The van der Waals surface area contributed by atoms with E-state index in [0.29, 0.717) is 6.42 Å². The van der Waals surface area contributed by atoms with E-state index in [2.05, 4.69) is 28.8 Å². The first-order valence-electron chi connectivity index (χ1n) is 7.43. The number of aryl methyl sites for hydroxylation is 2. The van der Waals surface area contributed by atoms with Crippen LogP contribution in [-0.4, -0.2) is 19.0 Å². The Morgan fingerprint density at radius 2 is 2.00 bits per heavy atom. The number of amides is 1. The molecular formula is C16H22N2O. The fraction of sp³-hybridized carbons (Fsp3) is 0.562. The molecule has 2 heterocycles. The Morgan fingerprint density at radius 1 is 1.16 bits per heavy atom. The normalized spacial score (nSPS) is 19.9. The molecule has 0 spiro atoms. The van der Waals surface area contributed by atoms with Gasteiger partial charge in [0.15, 0.2) is 0 Å². The van der Waals surface area contributed by atoms with Gasteiger partial charge >= 0.3 is 0 Å². The maximum Gasteiger partial charge on any atom is 0.224 e. The molecule has 0 aromatic heterocycles. The molecule has 1 amide bonds. The molecule has 0 bridgehead atoms. The van der Waals surface area contributed by atoms with E-state index in [1.807, 2.05) is 0 Å². The zero-order valence-corrected chi connectivity index (χ0v) is 11.4. The molecule has 3 rings (SSSR count). The van der Waals surface area contributed by atoms with Gasteiger partial charge in [-0.05, 0) is 68.3 Å². The molecule has 0 atom stereocenters. The molecule has 1 fully saturated rings. The molecule has 19 heavy (non-hydrogen) atoms. The van der Waals surface area contributed by atoms with Crippen molar-refractivity contribution >= 4 is 11.6 Å². The smallest absolute Gasteiger partial charge is 0.224 e.